The zero-order chi connectivity index (χ0) is 13.8. The first-order valence-corrected chi connectivity index (χ1v) is 6.38. The third-order valence-electron chi connectivity index (χ3n) is 3.26. The predicted octanol–water partition coefficient (Wildman–Crippen LogP) is 2.69. The average molecular weight is 262 g/mol. The van der Waals surface area contributed by atoms with Gasteiger partial charge in [-0.1, -0.05) is 6.07 Å². The Kier molecular flexibility index (Phi) is 4.04. The fourth-order valence-electron chi connectivity index (χ4n) is 2.21. The van der Waals surface area contributed by atoms with Crippen molar-refractivity contribution in [3.05, 3.63) is 23.8 Å². The van der Waals surface area contributed by atoms with E-state index in [0.29, 0.717) is 12.1 Å². The molecule has 19 heavy (non-hydrogen) atoms. The zero-order valence-electron chi connectivity index (χ0n) is 11.2. The zero-order valence-corrected chi connectivity index (χ0v) is 11.2. The maximum absolute atomic E-state index is 12.0. The van der Waals surface area contributed by atoms with Gasteiger partial charge in [-0.25, -0.2) is 4.79 Å². The highest BCUT2D eigenvalue weighted by Crippen LogP contribution is 2.27. The molecular formula is C14H18N2O3. The molecule has 1 fully saturated rings. The minimum absolute atomic E-state index is 0.143. The second-order valence-corrected chi connectivity index (χ2v) is 4.62. The van der Waals surface area contributed by atoms with Crippen molar-refractivity contribution in [2.45, 2.75) is 26.2 Å². The average Bonchev–Trinajstić information content (AvgIpc) is 2.41. The van der Waals surface area contributed by atoms with Crippen molar-refractivity contribution in [2.75, 3.05) is 23.9 Å². The lowest BCUT2D eigenvalue weighted by Gasteiger charge is -2.28. The van der Waals surface area contributed by atoms with Crippen LogP contribution in [0.4, 0.5) is 16.2 Å². The standard InChI is InChI=1S/C14H18N2O3/c1-10-6-7-11(15-14(18)19-2)9-12(10)16-8-4-3-5-13(16)17/h6-7,9H,3-5,8H2,1-2H3,(H,15,18). The smallest absolute Gasteiger partial charge is 0.411 e. The third-order valence-corrected chi connectivity index (χ3v) is 3.26. The van der Waals surface area contributed by atoms with Gasteiger partial charge < -0.3 is 9.64 Å². The Morgan fingerprint density at radius 1 is 1.37 bits per heavy atom. The summed E-state index contributed by atoms with van der Waals surface area (Å²) in [4.78, 5) is 24.9. The van der Waals surface area contributed by atoms with E-state index in [-0.39, 0.29) is 5.91 Å². The van der Waals surface area contributed by atoms with Gasteiger partial charge in [0.1, 0.15) is 0 Å². The number of aryl methyl sites for hydroxylation is 1. The lowest BCUT2D eigenvalue weighted by atomic mass is 10.1. The van der Waals surface area contributed by atoms with Crippen LogP contribution in [0.3, 0.4) is 0 Å². The van der Waals surface area contributed by atoms with E-state index in [1.165, 1.54) is 7.11 Å². The third kappa shape index (κ3) is 3.05. The topological polar surface area (TPSA) is 58.6 Å². The molecule has 5 heteroatoms. The molecule has 0 atom stereocenters. The van der Waals surface area contributed by atoms with E-state index < -0.39 is 6.09 Å². The van der Waals surface area contributed by atoms with Crippen LogP contribution in [0.25, 0.3) is 0 Å². The van der Waals surface area contributed by atoms with Gasteiger partial charge in [-0.15, -0.1) is 0 Å². The quantitative estimate of drug-likeness (QED) is 0.891. The summed E-state index contributed by atoms with van der Waals surface area (Å²) in [6, 6.07) is 5.50. The van der Waals surface area contributed by atoms with E-state index in [0.717, 1.165) is 30.6 Å². The second-order valence-electron chi connectivity index (χ2n) is 4.62. The molecule has 0 aliphatic carbocycles. The summed E-state index contributed by atoms with van der Waals surface area (Å²) >= 11 is 0. The van der Waals surface area contributed by atoms with Gasteiger partial charge >= 0.3 is 6.09 Å². The van der Waals surface area contributed by atoms with Crippen LogP contribution in [0.5, 0.6) is 0 Å². The van der Waals surface area contributed by atoms with Crippen LogP contribution < -0.4 is 10.2 Å². The highest BCUT2D eigenvalue weighted by Gasteiger charge is 2.21. The number of piperidine rings is 1. The van der Waals surface area contributed by atoms with E-state index in [9.17, 15) is 9.59 Å². The molecule has 0 saturated carbocycles. The summed E-state index contributed by atoms with van der Waals surface area (Å²) in [5, 5.41) is 2.61. The number of hydrogen-bond acceptors (Lipinski definition) is 3. The van der Waals surface area contributed by atoms with Gasteiger partial charge in [-0.2, -0.15) is 0 Å². The normalized spacial score (nSPS) is 15.3. The van der Waals surface area contributed by atoms with Crippen LogP contribution in [0.1, 0.15) is 24.8 Å². The van der Waals surface area contributed by atoms with E-state index in [1.807, 2.05) is 19.1 Å². The minimum Gasteiger partial charge on any atom is -0.453 e. The van der Waals surface area contributed by atoms with E-state index in [2.05, 4.69) is 10.1 Å². The second kappa shape index (κ2) is 5.73. The highest BCUT2D eigenvalue weighted by molar-refractivity contribution is 5.96. The molecule has 1 aromatic rings. The fraction of sp³-hybridized carbons (Fsp3) is 0.429. The number of nitrogens with one attached hydrogen (secondary N) is 1. The van der Waals surface area contributed by atoms with Crippen molar-refractivity contribution in [3.8, 4) is 0 Å². The number of nitrogens with zero attached hydrogens (tertiary/aromatic N) is 1. The summed E-state index contributed by atoms with van der Waals surface area (Å²) in [5.41, 5.74) is 2.51. The molecule has 1 heterocycles. The molecule has 0 unspecified atom stereocenters. The maximum Gasteiger partial charge on any atom is 0.411 e. The number of carbonyl (C=O) groups is 2. The van der Waals surface area contributed by atoms with Crippen LogP contribution >= 0.6 is 0 Å². The first-order chi connectivity index (χ1) is 9.11. The van der Waals surface area contributed by atoms with E-state index in [1.54, 1.807) is 11.0 Å². The molecule has 1 N–H and O–H groups in total. The Morgan fingerprint density at radius 3 is 2.84 bits per heavy atom. The lowest BCUT2D eigenvalue weighted by Crippen LogP contribution is -2.35. The van der Waals surface area contributed by atoms with Crippen molar-refractivity contribution >= 4 is 23.4 Å². The van der Waals surface area contributed by atoms with Crippen LogP contribution in [0.2, 0.25) is 0 Å². The van der Waals surface area contributed by atoms with Crippen LogP contribution in [-0.4, -0.2) is 25.7 Å². The van der Waals surface area contributed by atoms with Gasteiger partial charge in [0, 0.05) is 24.3 Å². The van der Waals surface area contributed by atoms with Gasteiger partial charge in [-0.3, -0.25) is 10.1 Å². The maximum atomic E-state index is 12.0. The molecule has 2 amide bonds. The number of methoxy groups -OCH3 is 1. The van der Waals surface area contributed by atoms with Crippen molar-refractivity contribution in [1.29, 1.82) is 0 Å². The SMILES string of the molecule is COC(=O)Nc1ccc(C)c(N2CCCCC2=O)c1. The molecule has 2 rings (SSSR count). The molecule has 1 saturated heterocycles. The predicted molar refractivity (Wildman–Crippen MR) is 73.4 cm³/mol. The van der Waals surface area contributed by atoms with Gasteiger partial charge in [0.05, 0.1) is 7.11 Å². The molecule has 1 aliphatic rings. The molecule has 0 bridgehead atoms. The van der Waals surface area contributed by atoms with Crippen molar-refractivity contribution in [1.82, 2.24) is 0 Å². The Labute approximate surface area is 112 Å². The Morgan fingerprint density at radius 2 is 2.16 bits per heavy atom. The monoisotopic (exact) mass is 262 g/mol. The summed E-state index contributed by atoms with van der Waals surface area (Å²) in [6.45, 7) is 2.69. The molecule has 102 valence electrons. The number of hydrogen-bond donors (Lipinski definition) is 1. The molecular weight excluding hydrogens is 244 g/mol. The molecule has 1 aromatic carbocycles. The molecule has 1 aliphatic heterocycles. The van der Waals surface area contributed by atoms with Crippen molar-refractivity contribution in [3.63, 3.8) is 0 Å². The van der Waals surface area contributed by atoms with Gasteiger partial charge in [0.2, 0.25) is 5.91 Å². The first-order valence-electron chi connectivity index (χ1n) is 6.38. The molecule has 0 radical (unpaired) electrons. The fourth-order valence-corrected chi connectivity index (χ4v) is 2.21. The minimum atomic E-state index is -0.514. The van der Waals surface area contributed by atoms with Crippen LogP contribution in [0, 0.1) is 6.92 Å². The van der Waals surface area contributed by atoms with Gasteiger partial charge in [0.15, 0.2) is 0 Å². The highest BCUT2D eigenvalue weighted by atomic mass is 16.5. The summed E-state index contributed by atoms with van der Waals surface area (Å²) in [5.74, 6) is 0.143. The Bertz CT molecular complexity index is 499. The van der Waals surface area contributed by atoms with Gasteiger partial charge in [0.25, 0.3) is 0 Å². The Balaban J connectivity index is 2.26. The number of benzene rings is 1. The largest absolute Gasteiger partial charge is 0.453 e. The first kappa shape index (κ1) is 13.4. The number of rotatable bonds is 2. The Hall–Kier alpha value is -2.04. The molecule has 5 nitrogen and oxygen atoms in total. The summed E-state index contributed by atoms with van der Waals surface area (Å²) in [7, 11) is 1.32. The number of amides is 2. The van der Waals surface area contributed by atoms with Crippen molar-refractivity contribution < 1.29 is 14.3 Å². The van der Waals surface area contributed by atoms with E-state index in [4.69, 9.17) is 0 Å². The summed E-state index contributed by atoms with van der Waals surface area (Å²) < 4.78 is 4.56. The van der Waals surface area contributed by atoms with Crippen LogP contribution in [-0.2, 0) is 9.53 Å². The van der Waals surface area contributed by atoms with Crippen LogP contribution in [0.15, 0.2) is 18.2 Å². The molecule has 0 aromatic heterocycles. The van der Waals surface area contributed by atoms with E-state index >= 15 is 0 Å². The number of ether oxygens (including phenoxy) is 1. The van der Waals surface area contributed by atoms with Crippen molar-refractivity contribution in [2.24, 2.45) is 0 Å². The molecule has 0 spiro atoms. The summed E-state index contributed by atoms with van der Waals surface area (Å²) in [6.07, 6.45) is 2.04. The lowest BCUT2D eigenvalue weighted by molar-refractivity contribution is -0.119. The number of carbonyl (C=O) groups excluding carboxylic acids is 2. The van der Waals surface area contributed by atoms with Gasteiger partial charge in [-0.05, 0) is 37.5 Å². The number of anilines is 2.